The van der Waals surface area contributed by atoms with Crippen LogP contribution < -0.4 is 10.4 Å². The van der Waals surface area contributed by atoms with E-state index in [1.165, 1.54) is 7.11 Å². The average molecular weight is 476 g/mol. The predicted octanol–water partition coefficient (Wildman–Crippen LogP) is 5.69. The van der Waals surface area contributed by atoms with Gasteiger partial charge in [0, 0.05) is 29.2 Å². The van der Waals surface area contributed by atoms with Crippen molar-refractivity contribution >= 4 is 40.1 Å². The first-order valence-corrected chi connectivity index (χ1v) is 11.4. The van der Waals surface area contributed by atoms with Crippen LogP contribution in [0.5, 0.6) is 0 Å². The van der Waals surface area contributed by atoms with Crippen LogP contribution in [-0.2, 0) is 11.3 Å². The summed E-state index contributed by atoms with van der Waals surface area (Å²) in [7, 11) is 1.35. The number of methoxy groups -OCH3 is 1. The second kappa shape index (κ2) is 10.0. The highest BCUT2D eigenvalue weighted by molar-refractivity contribution is 6.30. The van der Waals surface area contributed by atoms with Gasteiger partial charge in [-0.05, 0) is 67.9 Å². The predicted molar refractivity (Wildman–Crippen MR) is 135 cm³/mol. The second-order valence-corrected chi connectivity index (χ2v) is 8.69. The SMILES string of the molecule is COC(=O)c1ccc(N(NC(=O)c2cccc3ccn(Cc4ccc(Cl)cc4)c23)C(C)C)cc1. The van der Waals surface area contributed by atoms with Crippen LogP contribution in [0.15, 0.2) is 79.0 Å². The normalized spacial score (nSPS) is 11.0. The van der Waals surface area contributed by atoms with E-state index in [1.54, 1.807) is 29.3 Å². The quantitative estimate of drug-likeness (QED) is 0.275. The molecule has 0 saturated heterocycles. The Morgan fingerprint density at radius 2 is 1.71 bits per heavy atom. The summed E-state index contributed by atoms with van der Waals surface area (Å²) in [4.78, 5) is 25.2. The monoisotopic (exact) mass is 475 g/mol. The van der Waals surface area contributed by atoms with Crippen LogP contribution >= 0.6 is 11.6 Å². The lowest BCUT2D eigenvalue weighted by molar-refractivity contribution is 0.0600. The summed E-state index contributed by atoms with van der Waals surface area (Å²) in [6, 6.07) is 22.3. The molecule has 0 unspecified atom stereocenters. The number of hydrogen-bond donors (Lipinski definition) is 1. The van der Waals surface area contributed by atoms with Gasteiger partial charge in [0.15, 0.2) is 0 Å². The van der Waals surface area contributed by atoms with Crippen molar-refractivity contribution in [2.75, 3.05) is 12.1 Å². The van der Waals surface area contributed by atoms with Gasteiger partial charge in [-0.2, -0.15) is 0 Å². The third kappa shape index (κ3) is 4.92. The first-order chi connectivity index (χ1) is 16.4. The average Bonchev–Trinajstić information content (AvgIpc) is 3.26. The van der Waals surface area contributed by atoms with Crippen LogP contribution in [0.4, 0.5) is 5.69 Å². The summed E-state index contributed by atoms with van der Waals surface area (Å²) in [5.74, 6) is -0.618. The number of hydrazine groups is 1. The molecule has 0 radical (unpaired) electrons. The van der Waals surface area contributed by atoms with Crippen LogP contribution in [0, 0.1) is 0 Å². The smallest absolute Gasteiger partial charge is 0.337 e. The van der Waals surface area contributed by atoms with Gasteiger partial charge in [0.2, 0.25) is 0 Å². The van der Waals surface area contributed by atoms with Gasteiger partial charge in [0.1, 0.15) is 0 Å². The van der Waals surface area contributed by atoms with Gasteiger partial charge in [-0.1, -0.05) is 35.9 Å². The highest BCUT2D eigenvalue weighted by atomic mass is 35.5. The number of nitrogens with one attached hydrogen (secondary N) is 1. The van der Waals surface area contributed by atoms with E-state index >= 15 is 0 Å². The van der Waals surface area contributed by atoms with Crippen LogP contribution in [-0.4, -0.2) is 29.6 Å². The standard InChI is InChI=1S/C27H26ClN3O3/c1-18(2)31(23-13-9-21(10-14-23)27(33)34-3)29-26(32)24-6-4-5-20-15-16-30(25(20)24)17-19-7-11-22(28)12-8-19/h4-16,18H,17H2,1-3H3,(H,29,32). The number of esters is 1. The number of benzene rings is 3. The van der Waals surface area contributed by atoms with Crippen molar-refractivity contribution in [1.29, 1.82) is 0 Å². The molecule has 0 aliphatic heterocycles. The number of hydrogen-bond acceptors (Lipinski definition) is 4. The Kier molecular flexibility index (Phi) is 6.89. The summed E-state index contributed by atoms with van der Waals surface area (Å²) in [6.45, 7) is 4.59. The molecule has 6 nitrogen and oxygen atoms in total. The van der Waals surface area contributed by atoms with E-state index < -0.39 is 5.97 Å². The van der Waals surface area contributed by atoms with E-state index in [4.69, 9.17) is 16.3 Å². The van der Waals surface area contributed by atoms with E-state index in [0.717, 1.165) is 22.2 Å². The summed E-state index contributed by atoms with van der Waals surface area (Å²) >= 11 is 6.02. The second-order valence-electron chi connectivity index (χ2n) is 8.26. The lowest BCUT2D eigenvalue weighted by Crippen LogP contribution is -2.46. The third-order valence-electron chi connectivity index (χ3n) is 5.60. The molecule has 0 fully saturated rings. The van der Waals surface area contributed by atoms with Crippen molar-refractivity contribution in [3.05, 3.63) is 101 Å². The topological polar surface area (TPSA) is 63.6 Å². The summed E-state index contributed by atoms with van der Waals surface area (Å²) in [5.41, 5.74) is 6.78. The highest BCUT2D eigenvalue weighted by Crippen LogP contribution is 2.23. The van der Waals surface area contributed by atoms with Gasteiger partial charge < -0.3 is 9.30 Å². The number of rotatable bonds is 7. The Hall–Kier alpha value is -3.77. The number of halogens is 1. The minimum atomic E-state index is -0.403. The zero-order valence-corrected chi connectivity index (χ0v) is 20.0. The lowest BCUT2D eigenvalue weighted by atomic mass is 10.1. The number of aromatic nitrogens is 1. The Balaban J connectivity index is 1.63. The van der Waals surface area contributed by atoms with E-state index in [-0.39, 0.29) is 11.9 Å². The Morgan fingerprint density at radius 3 is 2.35 bits per heavy atom. The van der Waals surface area contributed by atoms with Crippen LogP contribution in [0.25, 0.3) is 10.9 Å². The summed E-state index contributed by atoms with van der Waals surface area (Å²) < 4.78 is 6.84. The van der Waals surface area contributed by atoms with E-state index in [1.807, 2.05) is 68.6 Å². The number of ether oxygens (including phenoxy) is 1. The number of para-hydroxylation sites is 1. The summed E-state index contributed by atoms with van der Waals surface area (Å²) in [5, 5.41) is 3.46. The first kappa shape index (κ1) is 23.4. The van der Waals surface area contributed by atoms with Gasteiger partial charge in [-0.3, -0.25) is 15.2 Å². The minimum absolute atomic E-state index is 0.0204. The Morgan fingerprint density at radius 1 is 1.00 bits per heavy atom. The molecular formula is C27H26ClN3O3. The maximum atomic E-state index is 13.5. The molecule has 4 rings (SSSR count). The molecule has 0 atom stereocenters. The fourth-order valence-electron chi connectivity index (χ4n) is 3.90. The number of anilines is 1. The molecule has 1 aromatic heterocycles. The molecule has 0 aliphatic carbocycles. The minimum Gasteiger partial charge on any atom is -0.465 e. The van der Waals surface area contributed by atoms with Gasteiger partial charge in [-0.15, -0.1) is 0 Å². The van der Waals surface area contributed by atoms with Gasteiger partial charge in [0.05, 0.1) is 29.4 Å². The Bertz CT molecular complexity index is 1310. The molecule has 34 heavy (non-hydrogen) atoms. The van der Waals surface area contributed by atoms with E-state index in [2.05, 4.69) is 9.99 Å². The van der Waals surface area contributed by atoms with E-state index in [9.17, 15) is 9.59 Å². The molecule has 174 valence electrons. The molecular weight excluding hydrogens is 450 g/mol. The van der Waals surface area contributed by atoms with Crippen LogP contribution in [0.1, 0.15) is 40.1 Å². The molecule has 7 heteroatoms. The highest BCUT2D eigenvalue weighted by Gasteiger charge is 2.19. The largest absolute Gasteiger partial charge is 0.465 e. The number of carbonyl (C=O) groups is 2. The third-order valence-corrected chi connectivity index (χ3v) is 5.86. The fourth-order valence-corrected chi connectivity index (χ4v) is 4.03. The summed E-state index contributed by atoms with van der Waals surface area (Å²) in [6.07, 6.45) is 1.99. The molecule has 1 heterocycles. The maximum Gasteiger partial charge on any atom is 0.337 e. The molecule has 0 saturated carbocycles. The van der Waals surface area contributed by atoms with Gasteiger partial charge in [-0.25, -0.2) is 4.79 Å². The van der Waals surface area contributed by atoms with Crippen molar-refractivity contribution in [2.45, 2.75) is 26.4 Å². The molecule has 0 spiro atoms. The molecule has 3 aromatic carbocycles. The molecule has 0 aliphatic rings. The number of nitrogens with zero attached hydrogens (tertiary/aromatic N) is 2. The van der Waals surface area contributed by atoms with Crippen molar-refractivity contribution in [3.63, 3.8) is 0 Å². The zero-order valence-electron chi connectivity index (χ0n) is 19.3. The van der Waals surface area contributed by atoms with Crippen molar-refractivity contribution in [2.24, 2.45) is 0 Å². The zero-order chi connectivity index (χ0) is 24.2. The van der Waals surface area contributed by atoms with Crippen LogP contribution in [0.2, 0.25) is 5.02 Å². The fraction of sp³-hybridized carbons (Fsp3) is 0.185. The number of amides is 1. The Labute approximate surface area is 203 Å². The molecule has 1 N–H and O–H groups in total. The van der Waals surface area contributed by atoms with Crippen molar-refractivity contribution < 1.29 is 14.3 Å². The molecule has 0 bridgehead atoms. The molecule has 1 amide bonds. The number of carbonyl (C=O) groups excluding carboxylic acids is 2. The first-order valence-electron chi connectivity index (χ1n) is 11.0. The molecule has 4 aromatic rings. The van der Waals surface area contributed by atoms with Gasteiger partial charge in [0.25, 0.3) is 5.91 Å². The van der Waals surface area contributed by atoms with E-state index in [0.29, 0.717) is 22.7 Å². The van der Waals surface area contributed by atoms with Gasteiger partial charge >= 0.3 is 5.97 Å². The van der Waals surface area contributed by atoms with Crippen molar-refractivity contribution in [1.82, 2.24) is 9.99 Å². The number of fused-ring (bicyclic) bond motifs is 1. The lowest BCUT2D eigenvalue weighted by Gasteiger charge is -2.29. The van der Waals surface area contributed by atoms with Crippen LogP contribution in [0.3, 0.4) is 0 Å². The van der Waals surface area contributed by atoms with Crippen molar-refractivity contribution in [3.8, 4) is 0 Å². The maximum absolute atomic E-state index is 13.5.